The van der Waals surface area contributed by atoms with Gasteiger partial charge in [-0.05, 0) is 43.9 Å². The van der Waals surface area contributed by atoms with E-state index in [1.165, 1.54) is 18.4 Å². The van der Waals surface area contributed by atoms with Crippen molar-refractivity contribution in [2.24, 2.45) is 4.99 Å². The van der Waals surface area contributed by atoms with Gasteiger partial charge in [0.2, 0.25) is 0 Å². The van der Waals surface area contributed by atoms with Crippen LogP contribution in [0.2, 0.25) is 0 Å². The summed E-state index contributed by atoms with van der Waals surface area (Å²) in [5.41, 5.74) is 1.16. The van der Waals surface area contributed by atoms with Gasteiger partial charge in [-0.25, -0.2) is 12.8 Å². The van der Waals surface area contributed by atoms with E-state index in [1.807, 2.05) is 19.1 Å². The minimum absolute atomic E-state index is 0.00378. The normalized spacial score (nSPS) is 18.3. The third-order valence-electron chi connectivity index (χ3n) is 4.89. The van der Waals surface area contributed by atoms with Crippen molar-refractivity contribution in [1.29, 1.82) is 0 Å². The van der Waals surface area contributed by atoms with E-state index in [0.29, 0.717) is 12.4 Å². The van der Waals surface area contributed by atoms with Crippen LogP contribution in [0.4, 0.5) is 4.39 Å². The molecule has 1 saturated carbocycles. The molecule has 0 heterocycles. The van der Waals surface area contributed by atoms with E-state index in [2.05, 4.69) is 15.6 Å². The second kappa shape index (κ2) is 8.17. The Kier molecular flexibility index (Phi) is 6.43. The monoisotopic (exact) mass is 369 g/mol. The Balaban J connectivity index is 1.92. The highest BCUT2D eigenvalue weighted by Gasteiger charge is 2.38. The Morgan fingerprint density at radius 3 is 2.44 bits per heavy atom. The molecule has 0 aliphatic heterocycles. The van der Waals surface area contributed by atoms with Crippen LogP contribution < -0.4 is 10.6 Å². The lowest BCUT2D eigenvalue weighted by atomic mass is 9.64. The van der Waals surface area contributed by atoms with E-state index in [1.54, 1.807) is 7.05 Å². The average molecular weight is 370 g/mol. The molecule has 1 unspecified atom stereocenters. The fraction of sp³-hybridized carbons (Fsp3) is 0.611. The second-order valence-corrected chi connectivity index (χ2v) is 9.29. The van der Waals surface area contributed by atoms with Crippen LogP contribution in [0.15, 0.2) is 29.3 Å². The molecule has 0 bridgehead atoms. The molecule has 0 amide bonds. The summed E-state index contributed by atoms with van der Waals surface area (Å²) in [6.45, 7) is 2.66. The van der Waals surface area contributed by atoms with Crippen LogP contribution in [0.3, 0.4) is 0 Å². The number of nitrogens with one attached hydrogen (secondary N) is 2. The highest BCUT2D eigenvalue weighted by atomic mass is 32.2. The number of sulfone groups is 1. The zero-order valence-corrected chi connectivity index (χ0v) is 16.0. The van der Waals surface area contributed by atoms with Gasteiger partial charge in [0, 0.05) is 31.3 Å². The first-order chi connectivity index (χ1) is 11.7. The first-order valence-corrected chi connectivity index (χ1v) is 10.7. The summed E-state index contributed by atoms with van der Waals surface area (Å²) in [4.78, 5) is 4.23. The topological polar surface area (TPSA) is 70.6 Å². The molecular weight excluding hydrogens is 341 g/mol. The molecule has 1 aromatic rings. The summed E-state index contributed by atoms with van der Waals surface area (Å²) >= 11 is 0. The van der Waals surface area contributed by atoms with Gasteiger partial charge in [-0.2, -0.15) is 0 Å². The highest BCUT2D eigenvalue weighted by Crippen LogP contribution is 2.43. The van der Waals surface area contributed by atoms with E-state index in [-0.39, 0.29) is 23.0 Å². The summed E-state index contributed by atoms with van der Waals surface area (Å²) in [5, 5.41) is 6.58. The first-order valence-electron chi connectivity index (χ1n) is 8.65. The van der Waals surface area contributed by atoms with Gasteiger partial charge in [0.05, 0.1) is 5.75 Å². The van der Waals surface area contributed by atoms with Crippen molar-refractivity contribution in [3.63, 3.8) is 0 Å². The summed E-state index contributed by atoms with van der Waals surface area (Å²) in [5.74, 6) is 0.593. The van der Waals surface area contributed by atoms with E-state index < -0.39 is 9.84 Å². The molecule has 0 radical (unpaired) electrons. The van der Waals surface area contributed by atoms with Crippen LogP contribution in [0.1, 0.15) is 38.2 Å². The van der Waals surface area contributed by atoms with E-state index in [0.717, 1.165) is 31.4 Å². The van der Waals surface area contributed by atoms with Gasteiger partial charge < -0.3 is 10.6 Å². The molecule has 1 fully saturated rings. The Bertz CT molecular complexity index is 698. The molecule has 1 aromatic carbocycles. The Morgan fingerprint density at radius 1 is 1.32 bits per heavy atom. The van der Waals surface area contributed by atoms with Crippen LogP contribution in [0, 0.1) is 5.82 Å². The lowest BCUT2D eigenvalue weighted by molar-refractivity contribution is 0.243. The lowest BCUT2D eigenvalue weighted by Crippen LogP contribution is -2.50. The van der Waals surface area contributed by atoms with Gasteiger partial charge in [0.1, 0.15) is 15.7 Å². The summed E-state index contributed by atoms with van der Waals surface area (Å²) in [6.07, 6.45) is 5.06. The number of benzene rings is 1. The molecule has 0 spiro atoms. The van der Waals surface area contributed by atoms with Crippen LogP contribution in [0.25, 0.3) is 0 Å². The molecule has 1 aliphatic carbocycles. The zero-order valence-electron chi connectivity index (χ0n) is 15.2. The smallest absolute Gasteiger partial charge is 0.191 e. The number of rotatable bonds is 7. The number of hydrogen-bond donors (Lipinski definition) is 2. The van der Waals surface area contributed by atoms with Crippen molar-refractivity contribution >= 4 is 15.8 Å². The van der Waals surface area contributed by atoms with Crippen molar-refractivity contribution in [3.05, 3.63) is 35.6 Å². The van der Waals surface area contributed by atoms with Gasteiger partial charge >= 0.3 is 0 Å². The van der Waals surface area contributed by atoms with Crippen molar-refractivity contribution in [2.45, 2.75) is 44.1 Å². The van der Waals surface area contributed by atoms with Crippen LogP contribution in [-0.2, 0) is 15.3 Å². The van der Waals surface area contributed by atoms with E-state index in [4.69, 9.17) is 0 Å². The number of guanidine groups is 1. The van der Waals surface area contributed by atoms with E-state index in [9.17, 15) is 12.8 Å². The standard InChI is InChI=1S/C18H28FN3O2S/c1-14(9-12-25(3,23)24)22-17(20-2)21-13-18(10-4-11-18)15-5-7-16(19)8-6-15/h5-8,14H,4,9-13H2,1-3H3,(H2,20,21,22). The fourth-order valence-corrected chi connectivity index (χ4v) is 3.90. The zero-order chi connectivity index (χ0) is 18.5. The predicted octanol–water partition coefficient (Wildman–Crippen LogP) is 2.24. The molecule has 1 aliphatic rings. The molecule has 0 saturated heterocycles. The predicted molar refractivity (Wildman–Crippen MR) is 100 cm³/mol. The highest BCUT2D eigenvalue weighted by molar-refractivity contribution is 7.90. The quantitative estimate of drug-likeness (QED) is 0.571. The van der Waals surface area contributed by atoms with Gasteiger partial charge in [-0.3, -0.25) is 4.99 Å². The number of aliphatic imine (C=N–C) groups is 1. The van der Waals surface area contributed by atoms with E-state index >= 15 is 0 Å². The third-order valence-corrected chi connectivity index (χ3v) is 5.87. The van der Waals surface area contributed by atoms with Crippen molar-refractivity contribution in [1.82, 2.24) is 10.6 Å². The molecule has 140 valence electrons. The molecule has 7 heteroatoms. The summed E-state index contributed by atoms with van der Waals surface area (Å²) in [7, 11) is -1.26. The Labute approximate surface area is 150 Å². The van der Waals surface area contributed by atoms with Crippen LogP contribution in [0.5, 0.6) is 0 Å². The SMILES string of the molecule is CN=C(NCC1(c2ccc(F)cc2)CCC1)NC(C)CCS(C)(=O)=O. The number of nitrogens with zero attached hydrogens (tertiary/aromatic N) is 1. The number of hydrogen-bond acceptors (Lipinski definition) is 3. The largest absolute Gasteiger partial charge is 0.356 e. The lowest BCUT2D eigenvalue weighted by Gasteiger charge is -2.43. The molecule has 2 N–H and O–H groups in total. The van der Waals surface area contributed by atoms with Crippen LogP contribution in [-0.4, -0.2) is 46.0 Å². The maximum Gasteiger partial charge on any atom is 0.191 e. The van der Waals surface area contributed by atoms with Crippen molar-refractivity contribution in [2.75, 3.05) is 25.6 Å². The first kappa shape index (κ1) is 19.7. The maximum atomic E-state index is 13.2. The summed E-state index contributed by atoms with van der Waals surface area (Å²) in [6, 6.07) is 6.75. The Morgan fingerprint density at radius 2 is 1.96 bits per heavy atom. The number of halogens is 1. The third kappa shape index (κ3) is 5.70. The van der Waals surface area contributed by atoms with Gasteiger partial charge in [-0.1, -0.05) is 18.6 Å². The van der Waals surface area contributed by atoms with Gasteiger partial charge in [-0.15, -0.1) is 0 Å². The van der Waals surface area contributed by atoms with Gasteiger partial charge in [0.25, 0.3) is 0 Å². The average Bonchev–Trinajstić information content (AvgIpc) is 2.51. The molecular formula is C18H28FN3O2S. The molecule has 2 rings (SSSR count). The summed E-state index contributed by atoms with van der Waals surface area (Å²) < 4.78 is 35.7. The Hall–Kier alpha value is -1.63. The molecule has 5 nitrogen and oxygen atoms in total. The fourth-order valence-electron chi connectivity index (χ4n) is 3.12. The maximum absolute atomic E-state index is 13.2. The van der Waals surface area contributed by atoms with Crippen LogP contribution >= 0.6 is 0 Å². The van der Waals surface area contributed by atoms with Crippen molar-refractivity contribution in [3.8, 4) is 0 Å². The minimum Gasteiger partial charge on any atom is -0.356 e. The molecule has 25 heavy (non-hydrogen) atoms. The van der Waals surface area contributed by atoms with Gasteiger partial charge in [0.15, 0.2) is 5.96 Å². The molecule has 1 atom stereocenters. The molecule has 0 aromatic heterocycles. The second-order valence-electron chi connectivity index (χ2n) is 7.03. The minimum atomic E-state index is -2.96. The van der Waals surface area contributed by atoms with Crippen molar-refractivity contribution < 1.29 is 12.8 Å².